The Morgan fingerprint density at radius 1 is 0.302 bits per heavy atom. The highest BCUT2D eigenvalue weighted by Crippen LogP contribution is 2.46. The van der Waals surface area contributed by atoms with Crippen LogP contribution in [0.15, 0.2) is 231 Å². The molecule has 0 unspecified atom stereocenters. The number of benzene rings is 11. The minimum Gasteiger partial charge on any atom is -0.310 e. The monoisotopic (exact) mass is 818 g/mol. The Morgan fingerprint density at radius 2 is 0.873 bits per heavy atom. The average Bonchev–Trinajstić information content (AvgIpc) is 3.88. The molecule has 0 bridgehead atoms. The summed E-state index contributed by atoms with van der Waals surface area (Å²) >= 11 is 1.87. The van der Waals surface area contributed by atoms with E-state index in [9.17, 15) is 0 Å². The number of aromatic nitrogens is 1. The first kappa shape index (κ1) is 35.7. The van der Waals surface area contributed by atoms with Crippen molar-refractivity contribution in [1.29, 1.82) is 0 Å². The summed E-state index contributed by atoms with van der Waals surface area (Å²) in [6.45, 7) is 0. The number of thiophene rings is 1. The molecule has 3 heteroatoms. The summed E-state index contributed by atoms with van der Waals surface area (Å²) in [4.78, 5) is 2.48. The van der Waals surface area contributed by atoms with Gasteiger partial charge in [0.1, 0.15) is 0 Å². The van der Waals surface area contributed by atoms with E-state index in [0.717, 1.165) is 28.3 Å². The van der Waals surface area contributed by atoms with E-state index in [1.807, 2.05) is 11.3 Å². The predicted molar refractivity (Wildman–Crippen MR) is 272 cm³/mol. The van der Waals surface area contributed by atoms with Crippen molar-refractivity contribution in [2.75, 3.05) is 4.90 Å². The van der Waals surface area contributed by atoms with Gasteiger partial charge in [-0.25, -0.2) is 0 Å². The molecule has 0 amide bonds. The lowest BCUT2D eigenvalue weighted by Gasteiger charge is -2.27. The fraction of sp³-hybridized carbons (Fsp3) is 0. The molecule has 2 aromatic heterocycles. The van der Waals surface area contributed by atoms with Crippen molar-refractivity contribution in [3.05, 3.63) is 231 Å². The molecule has 63 heavy (non-hydrogen) atoms. The van der Waals surface area contributed by atoms with Gasteiger partial charge in [0.25, 0.3) is 0 Å². The summed E-state index contributed by atoms with van der Waals surface area (Å²) in [6, 6.07) is 85.1. The van der Waals surface area contributed by atoms with Gasteiger partial charge in [0.05, 0.1) is 11.0 Å². The molecule has 0 aliphatic carbocycles. The molecule has 0 aliphatic rings. The van der Waals surface area contributed by atoms with Gasteiger partial charge in [0, 0.05) is 53.7 Å². The van der Waals surface area contributed by atoms with Gasteiger partial charge in [0.15, 0.2) is 0 Å². The lowest BCUT2D eigenvalue weighted by atomic mass is 9.97. The first-order chi connectivity index (χ1) is 31.2. The number of nitrogens with zero attached hydrogens (tertiary/aromatic N) is 2. The van der Waals surface area contributed by atoms with Crippen molar-refractivity contribution >= 4 is 103 Å². The third-order valence-corrected chi connectivity index (χ3v) is 14.0. The second-order valence-electron chi connectivity index (χ2n) is 16.6. The third kappa shape index (κ3) is 5.93. The Bertz CT molecular complexity index is 3860. The van der Waals surface area contributed by atoms with E-state index >= 15 is 0 Å². The first-order valence-electron chi connectivity index (χ1n) is 21.6. The molecule has 0 radical (unpaired) electrons. The Labute approximate surface area is 368 Å². The zero-order chi connectivity index (χ0) is 41.4. The van der Waals surface area contributed by atoms with Gasteiger partial charge in [-0.15, -0.1) is 11.3 Å². The molecule has 0 saturated heterocycles. The molecule has 0 N–H and O–H groups in total. The van der Waals surface area contributed by atoms with Crippen molar-refractivity contribution in [2.24, 2.45) is 0 Å². The minimum absolute atomic E-state index is 1.09. The van der Waals surface area contributed by atoms with Gasteiger partial charge < -0.3 is 9.47 Å². The molecule has 0 fully saturated rings. The number of anilines is 3. The van der Waals surface area contributed by atoms with E-state index in [1.54, 1.807) is 0 Å². The van der Waals surface area contributed by atoms with Crippen LogP contribution in [0.2, 0.25) is 0 Å². The maximum absolute atomic E-state index is 2.48. The summed E-state index contributed by atoms with van der Waals surface area (Å²) < 4.78 is 5.06. The van der Waals surface area contributed by atoms with Crippen molar-refractivity contribution in [2.45, 2.75) is 0 Å². The lowest BCUT2D eigenvalue weighted by molar-refractivity contribution is 1.18. The number of rotatable bonds is 6. The molecule has 0 spiro atoms. The van der Waals surface area contributed by atoms with Crippen LogP contribution < -0.4 is 4.90 Å². The molecular formula is C60H38N2S. The smallest absolute Gasteiger partial charge is 0.0561 e. The molecule has 11 aromatic carbocycles. The van der Waals surface area contributed by atoms with Crippen LogP contribution in [0.5, 0.6) is 0 Å². The van der Waals surface area contributed by atoms with Gasteiger partial charge in [-0.3, -0.25) is 0 Å². The van der Waals surface area contributed by atoms with Crippen LogP contribution in [0, 0.1) is 0 Å². The molecule has 2 nitrogen and oxygen atoms in total. The molecule has 13 aromatic rings. The van der Waals surface area contributed by atoms with Gasteiger partial charge in [-0.05, 0) is 133 Å². The minimum atomic E-state index is 1.09. The Balaban J connectivity index is 1.12. The molecule has 0 aliphatic heterocycles. The van der Waals surface area contributed by atoms with E-state index in [0.29, 0.717) is 0 Å². The second kappa shape index (κ2) is 14.3. The SMILES string of the molecule is c1ccc(-c2cc(-c3ccccc3)cc(N(c3ccc4sc5ccc6ccccc6c5c4c3)c3ccc4c5cc6ccccc6cc5n(-c5ccc6ccccc6c5)c4c3)c2)cc1. The Morgan fingerprint density at radius 3 is 1.62 bits per heavy atom. The number of fused-ring (bicyclic) bond motifs is 10. The van der Waals surface area contributed by atoms with Crippen LogP contribution in [-0.2, 0) is 0 Å². The van der Waals surface area contributed by atoms with Crippen LogP contribution >= 0.6 is 11.3 Å². The van der Waals surface area contributed by atoms with Crippen molar-refractivity contribution in [3.63, 3.8) is 0 Å². The van der Waals surface area contributed by atoms with Crippen molar-refractivity contribution < 1.29 is 0 Å². The second-order valence-corrected chi connectivity index (χ2v) is 17.6. The first-order valence-corrected chi connectivity index (χ1v) is 22.4. The average molecular weight is 819 g/mol. The predicted octanol–water partition coefficient (Wildman–Crippen LogP) is 17.4. The van der Waals surface area contributed by atoms with Crippen molar-refractivity contribution in [1.82, 2.24) is 4.57 Å². The largest absolute Gasteiger partial charge is 0.310 e. The maximum atomic E-state index is 2.48. The van der Waals surface area contributed by atoms with E-state index in [1.165, 1.54) is 91.0 Å². The zero-order valence-corrected chi connectivity index (χ0v) is 35.1. The topological polar surface area (TPSA) is 8.17 Å². The molecule has 294 valence electrons. The molecule has 13 rings (SSSR count). The van der Waals surface area contributed by atoms with Crippen molar-refractivity contribution in [3.8, 4) is 27.9 Å². The van der Waals surface area contributed by atoms with E-state index in [4.69, 9.17) is 0 Å². The van der Waals surface area contributed by atoms with Gasteiger partial charge in [-0.1, -0.05) is 152 Å². The fourth-order valence-electron chi connectivity index (χ4n) is 9.88. The quantitative estimate of drug-likeness (QED) is 0.162. The number of hydrogen-bond acceptors (Lipinski definition) is 2. The number of hydrogen-bond donors (Lipinski definition) is 0. The molecule has 0 saturated carbocycles. The third-order valence-electron chi connectivity index (χ3n) is 12.9. The molecule has 0 atom stereocenters. The standard InChI is InChI=1S/C60H38N2S/c1-3-13-39(14-4-1)46-31-47(40-15-5-2-6-16-40)34-51(33-46)61(49-27-30-58-55(37-49)60-52-22-12-11-18-42(52)24-29-59(60)63-58)50-26-28-53-54-35-44-20-9-10-21-45(44)36-56(54)62(57(53)38-50)48-25-23-41-17-7-8-19-43(41)32-48/h1-38H. The van der Waals surface area contributed by atoms with Crippen LogP contribution in [0.1, 0.15) is 0 Å². The summed E-state index contributed by atoms with van der Waals surface area (Å²) in [5.74, 6) is 0. The highest BCUT2D eigenvalue weighted by molar-refractivity contribution is 7.26. The lowest BCUT2D eigenvalue weighted by Crippen LogP contribution is -2.10. The molecular weight excluding hydrogens is 781 g/mol. The van der Waals surface area contributed by atoms with Crippen LogP contribution in [-0.4, -0.2) is 4.57 Å². The fourth-order valence-corrected chi connectivity index (χ4v) is 11.0. The van der Waals surface area contributed by atoms with Gasteiger partial charge >= 0.3 is 0 Å². The van der Waals surface area contributed by atoms with Crippen LogP contribution in [0.25, 0.3) is 102 Å². The normalized spacial score (nSPS) is 11.8. The van der Waals surface area contributed by atoms with E-state index in [-0.39, 0.29) is 0 Å². The summed E-state index contributed by atoms with van der Waals surface area (Å²) in [5.41, 5.74) is 11.5. The Kier molecular flexibility index (Phi) is 8.12. The summed E-state index contributed by atoms with van der Waals surface area (Å²) in [7, 11) is 0. The summed E-state index contributed by atoms with van der Waals surface area (Å²) in [5, 5.41) is 12.5. The Hall–Kier alpha value is -7.98. The van der Waals surface area contributed by atoms with E-state index in [2.05, 4.69) is 240 Å². The van der Waals surface area contributed by atoms with Gasteiger partial charge in [-0.2, -0.15) is 0 Å². The molecule has 2 heterocycles. The summed E-state index contributed by atoms with van der Waals surface area (Å²) in [6.07, 6.45) is 0. The highest BCUT2D eigenvalue weighted by Gasteiger charge is 2.21. The van der Waals surface area contributed by atoms with Crippen LogP contribution in [0.4, 0.5) is 17.1 Å². The highest BCUT2D eigenvalue weighted by atomic mass is 32.1. The maximum Gasteiger partial charge on any atom is 0.0561 e. The van der Waals surface area contributed by atoms with Crippen LogP contribution in [0.3, 0.4) is 0 Å². The zero-order valence-electron chi connectivity index (χ0n) is 34.2. The van der Waals surface area contributed by atoms with Gasteiger partial charge in [0.2, 0.25) is 0 Å². The van der Waals surface area contributed by atoms with E-state index < -0.39 is 0 Å².